The second-order valence-corrected chi connectivity index (χ2v) is 6.96. The van der Waals surface area contributed by atoms with Crippen LogP contribution < -0.4 is 5.73 Å². The molecular formula is C9H18IN. The van der Waals surface area contributed by atoms with Crippen LogP contribution in [0.5, 0.6) is 0 Å². The predicted octanol–water partition coefficient (Wildman–Crippen LogP) is 2.72. The molecule has 0 bridgehead atoms. The SMILES string of the molecule is CC(C)(I)C1CCC(N)CC1. The van der Waals surface area contributed by atoms with Crippen molar-refractivity contribution >= 4 is 22.6 Å². The van der Waals surface area contributed by atoms with Crippen LogP contribution in [0.2, 0.25) is 0 Å². The monoisotopic (exact) mass is 267 g/mol. The molecule has 0 aliphatic heterocycles. The van der Waals surface area contributed by atoms with Crippen LogP contribution in [0, 0.1) is 5.92 Å². The van der Waals surface area contributed by atoms with E-state index in [1.165, 1.54) is 25.7 Å². The molecule has 0 saturated heterocycles. The fraction of sp³-hybridized carbons (Fsp3) is 1.00. The normalized spacial score (nSPS) is 33.8. The van der Waals surface area contributed by atoms with Crippen LogP contribution in [-0.2, 0) is 0 Å². The first kappa shape index (κ1) is 9.78. The van der Waals surface area contributed by atoms with Crippen LogP contribution in [0.1, 0.15) is 39.5 Å². The summed E-state index contributed by atoms with van der Waals surface area (Å²) in [4.78, 5) is 0. The Balaban J connectivity index is 2.39. The first-order valence-electron chi connectivity index (χ1n) is 4.44. The second kappa shape index (κ2) is 3.60. The van der Waals surface area contributed by atoms with E-state index in [-0.39, 0.29) is 0 Å². The molecule has 0 aromatic carbocycles. The summed E-state index contributed by atoms with van der Waals surface area (Å²) >= 11 is 2.56. The Bertz CT molecular complexity index is 120. The number of hydrogen-bond acceptors (Lipinski definition) is 1. The average molecular weight is 267 g/mol. The molecule has 1 aliphatic rings. The zero-order chi connectivity index (χ0) is 8.48. The van der Waals surface area contributed by atoms with Crippen molar-refractivity contribution < 1.29 is 0 Å². The summed E-state index contributed by atoms with van der Waals surface area (Å²) in [5, 5.41) is 0. The van der Waals surface area contributed by atoms with Crippen molar-refractivity contribution in [3.8, 4) is 0 Å². The van der Waals surface area contributed by atoms with Crippen LogP contribution >= 0.6 is 22.6 Å². The van der Waals surface area contributed by atoms with Gasteiger partial charge in [-0.15, -0.1) is 0 Å². The summed E-state index contributed by atoms with van der Waals surface area (Å²) in [6.45, 7) is 4.66. The van der Waals surface area contributed by atoms with Crippen molar-refractivity contribution in [1.29, 1.82) is 0 Å². The Hall–Kier alpha value is 0.690. The lowest BCUT2D eigenvalue weighted by Crippen LogP contribution is -2.33. The van der Waals surface area contributed by atoms with Gasteiger partial charge >= 0.3 is 0 Å². The number of hydrogen-bond donors (Lipinski definition) is 1. The first-order chi connectivity index (χ1) is 5.00. The molecule has 0 heterocycles. The molecule has 1 saturated carbocycles. The number of nitrogens with two attached hydrogens (primary N) is 1. The molecule has 0 aromatic heterocycles. The van der Waals surface area contributed by atoms with Gasteiger partial charge in [0, 0.05) is 9.46 Å². The molecule has 0 amide bonds. The Morgan fingerprint density at radius 2 is 1.64 bits per heavy atom. The topological polar surface area (TPSA) is 26.0 Å². The van der Waals surface area contributed by atoms with E-state index < -0.39 is 0 Å². The van der Waals surface area contributed by atoms with Gasteiger partial charge in [-0.1, -0.05) is 36.4 Å². The number of rotatable bonds is 1. The van der Waals surface area contributed by atoms with E-state index in [4.69, 9.17) is 5.73 Å². The summed E-state index contributed by atoms with van der Waals surface area (Å²) < 4.78 is 0.470. The minimum Gasteiger partial charge on any atom is -0.328 e. The van der Waals surface area contributed by atoms with Crippen LogP contribution in [0.25, 0.3) is 0 Å². The Labute approximate surface area is 83.3 Å². The van der Waals surface area contributed by atoms with Gasteiger partial charge in [0.2, 0.25) is 0 Å². The van der Waals surface area contributed by atoms with E-state index in [0.717, 1.165) is 5.92 Å². The maximum absolute atomic E-state index is 5.84. The molecule has 1 aliphatic carbocycles. The van der Waals surface area contributed by atoms with Gasteiger partial charge in [-0.2, -0.15) is 0 Å². The Morgan fingerprint density at radius 3 is 2.00 bits per heavy atom. The van der Waals surface area contributed by atoms with Gasteiger partial charge < -0.3 is 5.73 Å². The van der Waals surface area contributed by atoms with Crippen LogP contribution in [0.3, 0.4) is 0 Å². The molecular weight excluding hydrogens is 249 g/mol. The fourth-order valence-electron chi connectivity index (χ4n) is 1.81. The van der Waals surface area contributed by atoms with E-state index in [9.17, 15) is 0 Å². The van der Waals surface area contributed by atoms with Gasteiger partial charge in [0.15, 0.2) is 0 Å². The third-order valence-electron chi connectivity index (χ3n) is 2.74. The lowest BCUT2D eigenvalue weighted by atomic mass is 9.80. The molecule has 2 heteroatoms. The van der Waals surface area contributed by atoms with Crippen molar-refractivity contribution in [2.45, 2.75) is 49.0 Å². The van der Waals surface area contributed by atoms with Crippen LogP contribution in [0.4, 0.5) is 0 Å². The summed E-state index contributed by atoms with van der Waals surface area (Å²) in [7, 11) is 0. The van der Waals surface area contributed by atoms with Crippen LogP contribution in [0.15, 0.2) is 0 Å². The first-order valence-corrected chi connectivity index (χ1v) is 5.52. The molecule has 1 rings (SSSR count). The van der Waals surface area contributed by atoms with Crippen molar-refractivity contribution in [1.82, 2.24) is 0 Å². The van der Waals surface area contributed by atoms with Gasteiger partial charge in [0.05, 0.1) is 0 Å². The molecule has 0 aromatic rings. The molecule has 0 atom stereocenters. The lowest BCUT2D eigenvalue weighted by Gasteiger charge is -2.34. The highest BCUT2D eigenvalue weighted by Crippen LogP contribution is 2.37. The zero-order valence-electron chi connectivity index (χ0n) is 7.44. The van der Waals surface area contributed by atoms with Gasteiger partial charge in [-0.25, -0.2) is 0 Å². The van der Waals surface area contributed by atoms with Crippen molar-refractivity contribution in [3.05, 3.63) is 0 Å². The van der Waals surface area contributed by atoms with Crippen LogP contribution in [-0.4, -0.2) is 9.46 Å². The van der Waals surface area contributed by atoms with E-state index in [1.54, 1.807) is 0 Å². The minimum atomic E-state index is 0.470. The third-order valence-corrected chi connectivity index (χ3v) is 3.62. The molecule has 2 N–H and O–H groups in total. The molecule has 1 fully saturated rings. The molecule has 0 radical (unpaired) electrons. The molecule has 0 unspecified atom stereocenters. The lowest BCUT2D eigenvalue weighted by molar-refractivity contribution is 0.290. The summed E-state index contributed by atoms with van der Waals surface area (Å²) in [5.74, 6) is 0.892. The van der Waals surface area contributed by atoms with Gasteiger partial charge in [0.25, 0.3) is 0 Å². The fourth-order valence-corrected chi connectivity index (χ4v) is 2.43. The number of alkyl halides is 1. The van der Waals surface area contributed by atoms with Gasteiger partial charge in [-0.3, -0.25) is 0 Å². The van der Waals surface area contributed by atoms with E-state index in [1.807, 2.05) is 0 Å². The van der Waals surface area contributed by atoms with Gasteiger partial charge in [0.1, 0.15) is 0 Å². The summed E-state index contributed by atoms with van der Waals surface area (Å²) in [5.41, 5.74) is 5.84. The van der Waals surface area contributed by atoms with Crippen molar-refractivity contribution in [3.63, 3.8) is 0 Å². The second-order valence-electron chi connectivity index (χ2n) is 4.18. The largest absolute Gasteiger partial charge is 0.328 e. The highest BCUT2D eigenvalue weighted by molar-refractivity contribution is 14.1. The average Bonchev–Trinajstić information content (AvgIpc) is 1.86. The molecule has 0 spiro atoms. The van der Waals surface area contributed by atoms with E-state index >= 15 is 0 Å². The third kappa shape index (κ3) is 2.90. The Morgan fingerprint density at radius 1 is 1.18 bits per heavy atom. The van der Waals surface area contributed by atoms with Crippen molar-refractivity contribution in [2.75, 3.05) is 0 Å². The van der Waals surface area contributed by atoms with E-state index in [0.29, 0.717) is 9.46 Å². The summed E-state index contributed by atoms with van der Waals surface area (Å²) in [6, 6.07) is 0.491. The van der Waals surface area contributed by atoms with E-state index in [2.05, 4.69) is 36.4 Å². The maximum Gasteiger partial charge on any atom is 0.0194 e. The van der Waals surface area contributed by atoms with Crippen molar-refractivity contribution in [2.24, 2.45) is 11.7 Å². The zero-order valence-corrected chi connectivity index (χ0v) is 9.60. The predicted molar refractivity (Wildman–Crippen MR) is 58.0 cm³/mol. The van der Waals surface area contributed by atoms with Gasteiger partial charge in [-0.05, 0) is 31.6 Å². The highest BCUT2D eigenvalue weighted by Gasteiger charge is 2.29. The quantitative estimate of drug-likeness (QED) is 0.573. The highest BCUT2D eigenvalue weighted by atomic mass is 127. The summed E-state index contributed by atoms with van der Waals surface area (Å²) in [6.07, 6.45) is 5.13. The molecule has 11 heavy (non-hydrogen) atoms. The Kier molecular flexibility index (Phi) is 3.20. The molecule has 66 valence electrons. The maximum atomic E-state index is 5.84. The molecule has 1 nitrogen and oxygen atoms in total. The number of halogens is 1. The minimum absolute atomic E-state index is 0.470. The smallest absolute Gasteiger partial charge is 0.0194 e. The standard InChI is InChI=1S/C9H18IN/c1-9(2,10)7-3-5-8(11)6-4-7/h7-8H,3-6,11H2,1-2H3.